The highest BCUT2D eigenvalue weighted by molar-refractivity contribution is 7.09. The standard InChI is InChI=1S/C11H7Cl2N3S/c12-8-5-9(13)16-10(14-6-11(16)15-8)4-7-2-1-3-17-7/h1-3,5-6H,4H2. The summed E-state index contributed by atoms with van der Waals surface area (Å²) in [4.78, 5) is 9.75. The minimum Gasteiger partial charge on any atom is -0.270 e. The summed E-state index contributed by atoms with van der Waals surface area (Å²) in [5, 5.41) is 2.95. The maximum absolute atomic E-state index is 6.15. The number of halogens is 2. The molecule has 0 saturated carbocycles. The van der Waals surface area contributed by atoms with E-state index in [1.54, 1.807) is 23.6 Å². The molecule has 0 aliphatic rings. The molecule has 0 radical (unpaired) electrons. The Labute approximate surface area is 112 Å². The first-order chi connectivity index (χ1) is 8.24. The zero-order chi connectivity index (χ0) is 11.8. The third-order valence-electron chi connectivity index (χ3n) is 2.40. The van der Waals surface area contributed by atoms with Crippen molar-refractivity contribution < 1.29 is 0 Å². The minimum absolute atomic E-state index is 0.380. The van der Waals surface area contributed by atoms with Gasteiger partial charge in [0, 0.05) is 17.4 Å². The molecule has 86 valence electrons. The topological polar surface area (TPSA) is 30.2 Å². The smallest absolute Gasteiger partial charge is 0.159 e. The Morgan fingerprint density at radius 3 is 3.00 bits per heavy atom. The monoisotopic (exact) mass is 283 g/mol. The lowest BCUT2D eigenvalue weighted by Crippen LogP contribution is -1.97. The molecule has 0 amide bonds. The highest BCUT2D eigenvalue weighted by Crippen LogP contribution is 2.21. The number of thiophene rings is 1. The first-order valence-electron chi connectivity index (χ1n) is 4.95. The number of hydrogen-bond acceptors (Lipinski definition) is 3. The van der Waals surface area contributed by atoms with Crippen molar-refractivity contribution in [2.24, 2.45) is 0 Å². The largest absolute Gasteiger partial charge is 0.270 e. The molecule has 0 unspecified atom stereocenters. The third-order valence-corrected chi connectivity index (χ3v) is 3.75. The van der Waals surface area contributed by atoms with Crippen LogP contribution in [0.4, 0.5) is 0 Å². The van der Waals surface area contributed by atoms with E-state index in [4.69, 9.17) is 23.2 Å². The second-order valence-electron chi connectivity index (χ2n) is 3.53. The van der Waals surface area contributed by atoms with Crippen LogP contribution in [-0.2, 0) is 6.42 Å². The van der Waals surface area contributed by atoms with Crippen LogP contribution in [-0.4, -0.2) is 14.4 Å². The van der Waals surface area contributed by atoms with Crippen molar-refractivity contribution in [3.8, 4) is 0 Å². The number of hydrogen-bond donors (Lipinski definition) is 0. The second kappa shape index (κ2) is 4.29. The summed E-state index contributed by atoms with van der Waals surface area (Å²) in [6.45, 7) is 0. The minimum atomic E-state index is 0.380. The molecule has 3 heterocycles. The van der Waals surface area contributed by atoms with Crippen LogP contribution < -0.4 is 0 Å². The average molecular weight is 284 g/mol. The third kappa shape index (κ3) is 2.04. The first kappa shape index (κ1) is 11.0. The van der Waals surface area contributed by atoms with Gasteiger partial charge in [-0.1, -0.05) is 29.3 Å². The van der Waals surface area contributed by atoms with Gasteiger partial charge in [0.25, 0.3) is 0 Å². The van der Waals surface area contributed by atoms with Crippen LogP contribution in [0.15, 0.2) is 29.8 Å². The first-order valence-corrected chi connectivity index (χ1v) is 6.58. The SMILES string of the molecule is Clc1cc(Cl)n2c(Cc3cccs3)ncc2n1. The van der Waals surface area contributed by atoms with Gasteiger partial charge in [-0.25, -0.2) is 9.97 Å². The van der Waals surface area contributed by atoms with Crippen molar-refractivity contribution in [2.75, 3.05) is 0 Å². The average Bonchev–Trinajstić information content (AvgIpc) is 2.88. The van der Waals surface area contributed by atoms with Crippen molar-refractivity contribution in [1.29, 1.82) is 0 Å². The fraction of sp³-hybridized carbons (Fsp3) is 0.0909. The lowest BCUT2D eigenvalue weighted by molar-refractivity contribution is 0.962. The summed E-state index contributed by atoms with van der Waals surface area (Å²) in [7, 11) is 0. The predicted octanol–water partition coefficient (Wildman–Crippen LogP) is 3.69. The van der Waals surface area contributed by atoms with Gasteiger partial charge in [-0.3, -0.25) is 4.40 Å². The van der Waals surface area contributed by atoms with E-state index in [2.05, 4.69) is 16.0 Å². The molecule has 17 heavy (non-hydrogen) atoms. The fourth-order valence-electron chi connectivity index (χ4n) is 1.69. The Bertz CT molecular complexity index is 661. The zero-order valence-corrected chi connectivity index (χ0v) is 10.9. The van der Waals surface area contributed by atoms with Gasteiger partial charge in [0.05, 0.1) is 6.20 Å². The summed E-state index contributed by atoms with van der Waals surface area (Å²) in [5.41, 5.74) is 0.675. The van der Waals surface area contributed by atoms with Gasteiger partial charge >= 0.3 is 0 Å². The van der Waals surface area contributed by atoms with Crippen LogP contribution in [0.5, 0.6) is 0 Å². The van der Waals surface area contributed by atoms with Crippen molar-refractivity contribution in [2.45, 2.75) is 6.42 Å². The van der Waals surface area contributed by atoms with Gasteiger partial charge in [0.2, 0.25) is 0 Å². The number of aromatic nitrogens is 3. The Kier molecular flexibility index (Phi) is 2.78. The molecule has 0 fully saturated rings. The number of rotatable bonds is 2. The summed E-state index contributed by atoms with van der Waals surface area (Å²) >= 11 is 13.7. The van der Waals surface area contributed by atoms with Crippen LogP contribution in [0.1, 0.15) is 10.7 Å². The summed E-state index contributed by atoms with van der Waals surface area (Å²) in [6.07, 6.45) is 2.43. The highest BCUT2D eigenvalue weighted by atomic mass is 35.5. The molecule has 0 saturated heterocycles. The van der Waals surface area contributed by atoms with Crippen molar-refractivity contribution in [3.05, 3.63) is 50.8 Å². The van der Waals surface area contributed by atoms with Gasteiger partial charge in [-0.2, -0.15) is 0 Å². The molecule has 0 N–H and O–H groups in total. The van der Waals surface area contributed by atoms with E-state index in [0.29, 0.717) is 16.0 Å². The van der Waals surface area contributed by atoms with Crippen LogP contribution >= 0.6 is 34.5 Å². The van der Waals surface area contributed by atoms with Gasteiger partial charge in [0.15, 0.2) is 5.65 Å². The zero-order valence-electron chi connectivity index (χ0n) is 8.60. The lowest BCUT2D eigenvalue weighted by atomic mass is 10.3. The van der Waals surface area contributed by atoms with E-state index >= 15 is 0 Å². The van der Waals surface area contributed by atoms with E-state index in [0.717, 1.165) is 12.2 Å². The fourth-order valence-corrected chi connectivity index (χ4v) is 2.92. The summed E-state index contributed by atoms with van der Waals surface area (Å²) in [6, 6.07) is 5.71. The molecule has 0 atom stereocenters. The number of fused-ring (bicyclic) bond motifs is 1. The van der Waals surface area contributed by atoms with Crippen LogP contribution in [0.2, 0.25) is 10.3 Å². The van der Waals surface area contributed by atoms with E-state index in [1.807, 2.05) is 15.8 Å². The molecule has 0 spiro atoms. The maximum atomic E-state index is 6.15. The van der Waals surface area contributed by atoms with Crippen molar-refractivity contribution >= 4 is 40.2 Å². The van der Waals surface area contributed by atoms with E-state index < -0.39 is 0 Å². The number of imidazole rings is 1. The molecular formula is C11H7Cl2N3S. The van der Waals surface area contributed by atoms with E-state index in [-0.39, 0.29) is 0 Å². The molecule has 3 aromatic rings. The molecule has 3 rings (SSSR count). The maximum Gasteiger partial charge on any atom is 0.159 e. The highest BCUT2D eigenvalue weighted by Gasteiger charge is 2.10. The molecule has 0 bridgehead atoms. The quantitative estimate of drug-likeness (QED) is 0.672. The molecule has 6 heteroatoms. The Balaban J connectivity index is 2.12. The van der Waals surface area contributed by atoms with Crippen molar-refractivity contribution in [3.63, 3.8) is 0 Å². The predicted molar refractivity (Wildman–Crippen MR) is 70.1 cm³/mol. The second-order valence-corrected chi connectivity index (χ2v) is 5.33. The Morgan fingerprint density at radius 1 is 1.35 bits per heavy atom. The Hall–Kier alpha value is -1.10. The number of nitrogens with zero attached hydrogens (tertiary/aromatic N) is 3. The summed E-state index contributed by atoms with van der Waals surface area (Å²) < 4.78 is 1.81. The molecule has 3 aromatic heterocycles. The van der Waals surface area contributed by atoms with Crippen molar-refractivity contribution in [1.82, 2.24) is 14.4 Å². The molecule has 0 aliphatic heterocycles. The molecule has 3 nitrogen and oxygen atoms in total. The van der Waals surface area contributed by atoms with E-state index in [1.165, 1.54) is 4.88 Å². The lowest BCUT2D eigenvalue weighted by Gasteiger charge is -2.02. The van der Waals surface area contributed by atoms with Gasteiger partial charge in [-0.05, 0) is 11.4 Å². The molecule has 0 aromatic carbocycles. The van der Waals surface area contributed by atoms with Crippen LogP contribution in [0.3, 0.4) is 0 Å². The van der Waals surface area contributed by atoms with Crippen LogP contribution in [0.25, 0.3) is 5.65 Å². The van der Waals surface area contributed by atoms with Crippen LogP contribution in [0, 0.1) is 0 Å². The van der Waals surface area contributed by atoms with Gasteiger partial charge in [-0.15, -0.1) is 11.3 Å². The summed E-state index contributed by atoms with van der Waals surface area (Å²) in [5.74, 6) is 0.872. The van der Waals surface area contributed by atoms with E-state index in [9.17, 15) is 0 Å². The molecule has 0 aliphatic carbocycles. The Morgan fingerprint density at radius 2 is 2.24 bits per heavy atom. The normalized spacial score (nSPS) is 11.2. The molecular weight excluding hydrogens is 277 g/mol. The van der Waals surface area contributed by atoms with Gasteiger partial charge < -0.3 is 0 Å². The van der Waals surface area contributed by atoms with Gasteiger partial charge in [0.1, 0.15) is 16.1 Å².